The van der Waals surface area contributed by atoms with Crippen molar-refractivity contribution in [2.75, 3.05) is 0 Å². The fraction of sp³-hybridized carbons (Fsp3) is 0.136. The van der Waals surface area contributed by atoms with Gasteiger partial charge in [0.15, 0.2) is 0 Å². The Morgan fingerprint density at radius 2 is 1.48 bits per heavy atom. The summed E-state index contributed by atoms with van der Waals surface area (Å²) in [5.41, 5.74) is 11.1. The van der Waals surface area contributed by atoms with Crippen LogP contribution < -0.4 is 10.9 Å². The average molecular weight is 356 g/mol. The van der Waals surface area contributed by atoms with E-state index in [1.54, 1.807) is 6.07 Å². The molecule has 0 radical (unpaired) electrons. The number of nitrogens with zero attached hydrogens (tertiary/aromatic N) is 1. The molecule has 5 nitrogen and oxygen atoms in total. The Labute approximate surface area is 157 Å². The monoisotopic (exact) mass is 356 g/mol. The van der Waals surface area contributed by atoms with Crippen molar-refractivity contribution in [3.8, 4) is 5.75 Å². The Kier molecular flexibility index (Phi) is 3.89. The van der Waals surface area contributed by atoms with Crippen LogP contribution in [0.2, 0.25) is 0 Å². The zero-order valence-electron chi connectivity index (χ0n) is 14.6. The predicted octanol–water partition coefficient (Wildman–Crippen LogP) is 3.94. The molecule has 0 saturated carbocycles. The van der Waals surface area contributed by atoms with Crippen LogP contribution in [0.1, 0.15) is 35.0 Å². The Balaban J connectivity index is 1.60. The summed E-state index contributed by atoms with van der Waals surface area (Å²) in [5, 5.41) is 9.94. The van der Waals surface area contributed by atoms with Gasteiger partial charge < -0.3 is 10.1 Å². The fourth-order valence-electron chi connectivity index (χ4n) is 3.98. The maximum absolute atomic E-state index is 9.94. The second kappa shape index (κ2) is 6.54. The van der Waals surface area contributed by atoms with Gasteiger partial charge in [0.2, 0.25) is 0 Å². The van der Waals surface area contributed by atoms with Crippen molar-refractivity contribution in [2.45, 2.75) is 18.0 Å². The quantitative estimate of drug-likeness (QED) is 0.449. The van der Waals surface area contributed by atoms with Crippen LogP contribution >= 0.6 is 0 Å². The third-order valence-electron chi connectivity index (χ3n) is 5.23. The summed E-state index contributed by atoms with van der Waals surface area (Å²) >= 11 is 0. The van der Waals surface area contributed by atoms with Gasteiger partial charge in [0.25, 0.3) is 0 Å². The summed E-state index contributed by atoms with van der Waals surface area (Å²) < 4.78 is 0. The van der Waals surface area contributed by atoms with Gasteiger partial charge in [-0.15, -0.1) is 0 Å². The number of hydrazine groups is 1. The lowest BCUT2D eigenvalue weighted by Gasteiger charge is -2.23. The molecule has 1 fully saturated rings. The van der Waals surface area contributed by atoms with Crippen LogP contribution in [-0.2, 0) is 0 Å². The first-order chi connectivity index (χ1) is 13.3. The number of aromatic nitrogens is 2. The minimum absolute atomic E-state index is 0.0118. The summed E-state index contributed by atoms with van der Waals surface area (Å²) in [4.78, 5) is 8.27. The fourth-order valence-corrected chi connectivity index (χ4v) is 3.98. The van der Waals surface area contributed by atoms with E-state index in [2.05, 4.69) is 40.1 Å². The summed E-state index contributed by atoms with van der Waals surface area (Å²) in [6, 6.07) is 25.9. The number of phenols is 1. The number of aromatic hydroxyl groups is 1. The molecular formula is C22H20N4O. The van der Waals surface area contributed by atoms with Crippen molar-refractivity contribution < 1.29 is 5.11 Å². The Morgan fingerprint density at radius 1 is 0.741 bits per heavy atom. The number of imidazole rings is 1. The molecule has 5 rings (SSSR count). The van der Waals surface area contributed by atoms with Crippen molar-refractivity contribution in [1.82, 2.24) is 20.8 Å². The number of hydrogen-bond acceptors (Lipinski definition) is 4. The van der Waals surface area contributed by atoms with E-state index in [9.17, 15) is 5.11 Å². The molecule has 1 saturated heterocycles. The molecule has 0 bridgehead atoms. The number of fused-ring (bicyclic) bond motifs is 1. The van der Waals surface area contributed by atoms with Gasteiger partial charge in [-0.1, -0.05) is 54.6 Å². The van der Waals surface area contributed by atoms with Crippen molar-refractivity contribution in [1.29, 1.82) is 0 Å². The highest BCUT2D eigenvalue weighted by atomic mass is 16.3. The molecule has 1 aliphatic rings. The summed E-state index contributed by atoms with van der Waals surface area (Å²) in [5.74, 6) is 1.29. The van der Waals surface area contributed by atoms with Crippen molar-refractivity contribution in [3.05, 3.63) is 95.8 Å². The highest BCUT2D eigenvalue weighted by molar-refractivity contribution is 5.74. The van der Waals surface area contributed by atoms with Gasteiger partial charge in [-0.2, -0.15) is 0 Å². The zero-order chi connectivity index (χ0) is 18.2. The smallest absolute Gasteiger partial charge is 0.126 e. The van der Waals surface area contributed by atoms with Crippen LogP contribution in [0.3, 0.4) is 0 Å². The molecule has 0 aliphatic carbocycles. The molecule has 3 unspecified atom stereocenters. The first-order valence-electron chi connectivity index (χ1n) is 9.09. The number of phenolic OH excluding ortho intramolecular Hbond substituents is 1. The van der Waals surface area contributed by atoms with Gasteiger partial charge in [-0.3, -0.25) is 0 Å². The molecular weight excluding hydrogens is 336 g/mol. The van der Waals surface area contributed by atoms with E-state index in [-0.39, 0.29) is 23.8 Å². The first-order valence-corrected chi connectivity index (χ1v) is 9.09. The van der Waals surface area contributed by atoms with Crippen LogP contribution in [0.25, 0.3) is 11.0 Å². The maximum atomic E-state index is 9.94. The third-order valence-corrected chi connectivity index (χ3v) is 5.23. The van der Waals surface area contributed by atoms with Gasteiger partial charge in [0.1, 0.15) is 11.6 Å². The summed E-state index contributed by atoms with van der Waals surface area (Å²) in [6.45, 7) is 0. The SMILES string of the molecule is Oc1cccc(C2NNC(c3nc4ccccc4[nH]3)C2c2ccccc2)c1. The van der Waals surface area contributed by atoms with Crippen molar-refractivity contribution in [2.24, 2.45) is 0 Å². The average Bonchev–Trinajstić information content (AvgIpc) is 3.32. The Morgan fingerprint density at radius 3 is 2.30 bits per heavy atom. The molecule has 0 spiro atoms. The van der Waals surface area contributed by atoms with Gasteiger partial charge >= 0.3 is 0 Å². The topological polar surface area (TPSA) is 73.0 Å². The van der Waals surface area contributed by atoms with E-state index in [1.807, 2.05) is 48.5 Å². The van der Waals surface area contributed by atoms with Crippen molar-refractivity contribution >= 4 is 11.0 Å². The molecule has 2 heterocycles. The predicted molar refractivity (Wildman–Crippen MR) is 105 cm³/mol. The van der Waals surface area contributed by atoms with E-state index in [0.717, 1.165) is 22.4 Å². The summed E-state index contributed by atoms with van der Waals surface area (Å²) in [6.07, 6.45) is 0. The van der Waals surface area contributed by atoms with Gasteiger partial charge in [-0.05, 0) is 35.4 Å². The number of aromatic amines is 1. The highest BCUT2D eigenvalue weighted by Crippen LogP contribution is 2.44. The molecule has 4 N–H and O–H groups in total. The minimum atomic E-state index is -0.0212. The van der Waals surface area contributed by atoms with Crippen LogP contribution in [0.4, 0.5) is 0 Å². The lowest BCUT2D eigenvalue weighted by atomic mass is 9.83. The van der Waals surface area contributed by atoms with E-state index in [0.29, 0.717) is 0 Å². The number of hydrogen-bond donors (Lipinski definition) is 4. The van der Waals surface area contributed by atoms with Crippen LogP contribution in [0, 0.1) is 0 Å². The normalized spacial score (nSPS) is 22.3. The van der Waals surface area contributed by atoms with E-state index in [4.69, 9.17) is 4.98 Å². The largest absolute Gasteiger partial charge is 0.508 e. The number of rotatable bonds is 3. The molecule has 5 heteroatoms. The molecule has 3 aromatic carbocycles. The van der Waals surface area contributed by atoms with Crippen LogP contribution in [0.5, 0.6) is 5.75 Å². The van der Waals surface area contributed by atoms with Crippen molar-refractivity contribution in [3.63, 3.8) is 0 Å². The van der Waals surface area contributed by atoms with E-state index in [1.165, 1.54) is 5.56 Å². The molecule has 1 aromatic heterocycles. The second-order valence-electron chi connectivity index (χ2n) is 6.91. The summed E-state index contributed by atoms with van der Waals surface area (Å²) in [7, 11) is 0. The molecule has 0 amide bonds. The first kappa shape index (κ1) is 16.1. The zero-order valence-corrected chi connectivity index (χ0v) is 14.6. The van der Waals surface area contributed by atoms with Crippen LogP contribution in [-0.4, -0.2) is 15.1 Å². The molecule has 4 aromatic rings. The third kappa shape index (κ3) is 2.87. The van der Waals surface area contributed by atoms with E-state index >= 15 is 0 Å². The molecule has 1 aliphatic heterocycles. The molecule has 134 valence electrons. The maximum Gasteiger partial charge on any atom is 0.126 e. The molecule has 27 heavy (non-hydrogen) atoms. The Hall–Kier alpha value is -3.15. The number of para-hydroxylation sites is 2. The Bertz CT molecular complexity index is 1040. The minimum Gasteiger partial charge on any atom is -0.508 e. The number of nitrogens with one attached hydrogen (secondary N) is 3. The lowest BCUT2D eigenvalue weighted by molar-refractivity contribution is 0.471. The molecule has 3 atom stereocenters. The number of benzene rings is 3. The van der Waals surface area contributed by atoms with Gasteiger partial charge in [0.05, 0.1) is 23.1 Å². The van der Waals surface area contributed by atoms with Crippen LogP contribution in [0.15, 0.2) is 78.9 Å². The van der Waals surface area contributed by atoms with Gasteiger partial charge in [0, 0.05) is 5.92 Å². The lowest BCUT2D eigenvalue weighted by Crippen LogP contribution is -2.27. The second-order valence-corrected chi connectivity index (χ2v) is 6.91. The highest BCUT2D eigenvalue weighted by Gasteiger charge is 2.40. The number of H-pyrrole nitrogens is 1. The standard InChI is InChI=1S/C22H20N4O/c27-16-10-6-9-15(13-16)20-19(14-7-2-1-3-8-14)21(26-25-20)22-23-17-11-4-5-12-18(17)24-22/h1-13,19-21,25-27H,(H,23,24). The van der Waals surface area contributed by atoms with E-state index < -0.39 is 0 Å². The van der Waals surface area contributed by atoms with Gasteiger partial charge in [-0.25, -0.2) is 15.8 Å².